The van der Waals surface area contributed by atoms with Gasteiger partial charge >= 0.3 is 11.9 Å². The molecule has 0 amide bonds. The molecular weight excluding hydrogens is 402 g/mol. The van der Waals surface area contributed by atoms with Crippen molar-refractivity contribution in [3.63, 3.8) is 0 Å². The number of anilines is 1. The van der Waals surface area contributed by atoms with E-state index in [0.717, 1.165) is 0 Å². The van der Waals surface area contributed by atoms with Crippen LogP contribution in [-0.4, -0.2) is 37.7 Å². The van der Waals surface area contributed by atoms with E-state index in [9.17, 15) is 14.4 Å². The summed E-state index contributed by atoms with van der Waals surface area (Å²) in [4.78, 5) is 49.7. The minimum absolute atomic E-state index is 0.307. The van der Waals surface area contributed by atoms with E-state index in [1.165, 1.54) is 33.3 Å². The average Bonchev–Trinajstić information content (AvgIpc) is 3.45. The molecule has 2 fully saturated rings. The van der Waals surface area contributed by atoms with Crippen LogP contribution in [-0.2, 0) is 28.7 Å². The normalized spacial score (nSPS) is 23.1. The van der Waals surface area contributed by atoms with Crippen LogP contribution >= 0.6 is 0 Å². The van der Waals surface area contributed by atoms with Crippen LogP contribution in [0, 0.1) is 11.3 Å². The van der Waals surface area contributed by atoms with E-state index in [2.05, 4.69) is 0 Å². The standard InChI is InChI=1S/C23H23NO7/c1-22(2)30-20(26)23(21(27)31-22)17(18(23)19(25)15-8-6-5-7-9-15)14-10-12-16(13-11-14)24(28-3)29-4/h5-13,17-18H,1-4H3. The lowest BCUT2D eigenvalue weighted by atomic mass is 9.95. The van der Waals surface area contributed by atoms with Crippen molar-refractivity contribution < 1.29 is 33.5 Å². The number of ketones is 1. The number of hydrogen-bond acceptors (Lipinski definition) is 8. The summed E-state index contributed by atoms with van der Waals surface area (Å²) in [6.07, 6.45) is 0. The van der Waals surface area contributed by atoms with E-state index >= 15 is 0 Å². The van der Waals surface area contributed by atoms with Crippen molar-refractivity contribution in [2.45, 2.75) is 25.6 Å². The highest BCUT2D eigenvalue weighted by Crippen LogP contribution is 2.68. The maximum Gasteiger partial charge on any atom is 0.328 e. The topological polar surface area (TPSA) is 91.4 Å². The summed E-state index contributed by atoms with van der Waals surface area (Å²) in [7, 11) is 2.91. The summed E-state index contributed by atoms with van der Waals surface area (Å²) in [5.41, 5.74) is -0.0453. The molecule has 1 aliphatic carbocycles. The van der Waals surface area contributed by atoms with Crippen molar-refractivity contribution in [2.75, 3.05) is 19.4 Å². The fourth-order valence-electron chi connectivity index (χ4n) is 4.30. The van der Waals surface area contributed by atoms with E-state index in [0.29, 0.717) is 16.8 Å². The van der Waals surface area contributed by atoms with Crippen LogP contribution < -0.4 is 5.23 Å². The molecule has 2 aromatic rings. The minimum Gasteiger partial charge on any atom is -0.422 e. The quantitative estimate of drug-likeness (QED) is 0.302. The molecule has 2 unspecified atom stereocenters. The van der Waals surface area contributed by atoms with E-state index in [1.807, 2.05) is 0 Å². The summed E-state index contributed by atoms with van der Waals surface area (Å²) < 4.78 is 10.8. The number of rotatable bonds is 6. The molecule has 2 aromatic carbocycles. The van der Waals surface area contributed by atoms with Crippen LogP contribution in [0.5, 0.6) is 0 Å². The van der Waals surface area contributed by atoms with Crippen LogP contribution in [0.2, 0.25) is 0 Å². The van der Waals surface area contributed by atoms with Gasteiger partial charge in [-0.05, 0) is 17.7 Å². The van der Waals surface area contributed by atoms with Crippen LogP contribution in [0.15, 0.2) is 54.6 Å². The van der Waals surface area contributed by atoms with Gasteiger partial charge in [-0.2, -0.15) is 0 Å². The van der Waals surface area contributed by atoms with Crippen LogP contribution in [0.25, 0.3) is 0 Å². The van der Waals surface area contributed by atoms with Gasteiger partial charge in [-0.1, -0.05) is 42.5 Å². The van der Waals surface area contributed by atoms with Crippen molar-refractivity contribution in [3.8, 4) is 0 Å². The second-order valence-electron chi connectivity index (χ2n) is 7.95. The summed E-state index contributed by atoms with van der Waals surface area (Å²) in [6.45, 7) is 2.97. The SMILES string of the molecule is CON(OC)c1ccc(C2C(C(=O)c3ccccc3)C23C(=O)OC(C)(C)OC3=O)cc1. The molecule has 1 saturated carbocycles. The Morgan fingerprint density at radius 2 is 1.45 bits per heavy atom. The van der Waals surface area contributed by atoms with Gasteiger partial charge in [0.25, 0.3) is 5.79 Å². The first kappa shape index (κ1) is 21.0. The van der Waals surface area contributed by atoms with Gasteiger partial charge in [0.05, 0.1) is 25.8 Å². The third kappa shape index (κ3) is 3.28. The number of hydrogen-bond donors (Lipinski definition) is 0. The van der Waals surface area contributed by atoms with Gasteiger partial charge in [-0.25, -0.2) is 0 Å². The molecule has 162 valence electrons. The van der Waals surface area contributed by atoms with Crippen molar-refractivity contribution in [1.82, 2.24) is 0 Å². The summed E-state index contributed by atoms with van der Waals surface area (Å²) in [5.74, 6) is -4.80. The lowest BCUT2D eigenvalue weighted by Crippen LogP contribution is -2.49. The second kappa shape index (κ2) is 7.47. The van der Waals surface area contributed by atoms with Crippen LogP contribution in [0.4, 0.5) is 5.69 Å². The number of benzene rings is 2. The number of carbonyl (C=O) groups is 3. The number of ether oxygens (including phenoxy) is 2. The predicted octanol–water partition coefficient (Wildman–Crippen LogP) is 3.03. The van der Waals surface area contributed by atoms with Gasteiger partial charge < -0.3 is 9.47 Å². The zero-order chi connectivity index (χ0) is 22.4. The fourth-order valence-corrected chi connectivity index (χ4v) is 4.30. The van der Waals surface area contributed by atoms with Crippen molar-refractivity contribution in [1.29, 1.82) is 0 Å². The van der Waals surface area contributed by atoms with Crippen molar-refractivity contribution in [2.24, 2.45) is 11.3 Å². The summed E-state index contributed by atoms with van der Waals surface area (Å²) in [6, 6.07) is 15.5. The van der Waals surface area contributed by atoms with E-state index in [-0.39, 0.29) is 5.78 Å². The summed E-state index contributed by atoms with van der Waals surface area (Å²) >= 11 is 0. The smallest absolute Gasteiger partial charge is 0.328 e. The Morgan fingerprint density at radius 1 is 0.903 bits per heavy atom. The molecule has 8 nitrogen and oxygen atoms in total. The molecule has 1 saturated heterocycles. The zero-order valence-corrected chi connectivity index (χ0v) is 17.7. The highest BCUT2D eigenvalue weighted by atomic mass is 16.9. The predicted molar refractivity (Wildman–Crippen MR) is 109 cm³/mol. The van der Waals surface area contributed by atoms with E-state index < -0.39 is 35.0 Å². The first-order valence-corrected chi connectivity index (χ1v) is 9.80. The van der Waals surface area contributed by atoms with Gasteiger partial charge in [0.1, 0.15) is 0 Å². The number of nitrogens with zero attached hydrogens (tertiary/aromatic N) is 1. The maximum atomic E-state index is 13.3. The number of Topliss-reactive ketones (excluding diaryl/α,β-unsaturated/α-hetero) is 1. The molecule has 1 heterocycles. The molecule has 0 radical (unpaired) electrons. The molecule has 8 heteroatoms. The maximum absolute atomic E-state index is 13.3. The molecule has 31 heavy (non-hydrogen) atoms. The van der Waals surface area contributed by atoms with Gasteiger partial charge in [-0.3, -0.25) is 24.1 Å². The first-order valence-electron chi connectivity index (χ1n) is 9.80. The Kier molecular flexibility index (Phi) is 5.07. The number of carbonyl (C=O) groups excluding carboxylic acids is 3. The molecule has 1 spiro atoms. The second-order valence-corrected chi connectivity index (χ2v) is 7.95. The van der Waals surface area contributed by atoms with E-state index in [1.54, 1.807) is 54.6 Å². The highest BCUT2D eigenvalue weighted by Gasteiger charge is 2.81. The molecule has 4 rings (SSSR count). The van der Waals surface area contributed by atoms with Crippen LogP contribution in [0.1, 0.15) is 35.7 Å². The Labute approximate surface area is 179 Å². The molecule has 0 bridgehead atoms. The zero-order valence-electron chi connectivity index (χ0n) is 17.7. The third-order valence-corrected chi connectivity index (χ3v) is 5.69. The van der Waals surface area contributed by atoms with Crippen LogP contribution in [0.3, 0.4) is 0 Å². The third-order valence-electron chi connectivity index (χ3n) is 5.69. The number of cyclic esters (lactones) is 2. The van der Waals surface area contributed by atoms with Gasteiger partial charge in [0.2, 0.25) is 0 Å². The molecule has 1 aliphatic heterocycles. The highest BCUT2D eigenvalue weighted by molar-refractivity contribution is 6.16. The average molecular weight is 425 g/mol. The molecular formula is C23H23NO7. The lowest BCUT2D eigenvalue weighted by Gasteiger charge is -2.34. The van der Waals surface area contributed by atoms with Crippen molar-refractivity contribution >= 4 is 23.4 Å². The fraction of sp³-hybridized carbons (Fsp3) is 0.348. The first-order chi connectivity index (χ1) is 14.8. The minimum atomic E-state index is -1.70. The Morgan fingerprint density at radius 3 is 1.97 bits per heavy atom. The largest absolute Gasteiger partial charge is 0.422 e. The summed E-state index contributed by atoms with van der Waals surface area (Å²) in [5, 5.41) is 1.20. The molecule has 2 atom stereocenters. The van der Waals surface area contributed by atoms with Gasteiger partial charge in [0.15, 0.2) is 11.2 Å². The van der Waals surface area contributed by atoms with Gasteiger partial charge in [-0.15, -0.1) is 5.23 Å². The van der Waals surface area contributed by atoms with Crippen molar-refractivity contribution in [3.05, 3.63) is 65.7 Å². The molecule has 0 aromatic heterocycles. The van der Waals surface area contributed by atoms with Gasteiger partial charge in [0, 0.05) is 25.3 Å². The Hall–Kier alpha value is -3.23. The number of esters is 2. The Balaban J connectivity index is 1.75. The monoisotopic (exact) mass is 425 g/mol. The van der Waals surface area contributed by atoms with E-state index in [4.69, 9.17) is 19.1 Å². The Bertz CT molecular complexity index is 992. The lowest BCUT2D eigenvalue weighted by molar-refractivity contribution is -0.243. The molecule has 0 N–H and O–H groups in total. The molecule has 2 aliphatic rings.